The standard InChI is InChI=1S/C16H20N4O4/c1-4-22-13-8-7-11(9-17-13)14(21)19-12-10-18-16(24-6-3)20-15(12)23-5-2/h7-10H,4-6H2,1-3H3,(H,19,21). The molecule has 1 amide bonds. The van der Waals surface area contributed by atoms with Gasteiger partial charge in [0.25, 0.3) is 5.91 Å². The van der Waals surface area contributed by atoms with Crippen LogP contribution >= 0.6 is 0 Å². The van der Waals surface area contributed by atoms with Gasteiger partial charge in [0.1, 0.15) is 5.69 Å². The van der Waals surface area contributed by atoms with Gasteiger partial charge in [0.2, 0.25) is 11.8 Å². The van der Waals surface area contributed by atoms with E-state index in [-0.39, 0.29) is 17.8 Å². The lowest BCUT2D eigenvalue weighted by molar-refractivity contribution is 0.102. The zero-order valence-corrected chi connectivity index (χ0v) is 13.9. The van der Waals surface area contributed by atoms with Crippen LogP contribution in [0.15, 0.2) is 24.5 Å². The number of ether oxygens (including phenoxy) is 3. The maximum atomic E-state index is 12.3. The lowest BCUT2D eigenvalue weighted by Gasteiger charge is -2.11. The molecule has 1 N–H and O–H groups in total. The maximum Gasteiger partial charge on any atom is 0.319 e. The van der Waals surface area contributed by atoms with Gasteiger partial charge in [-0.2, -0.15) is 4.98 Å². The average molecular weight is 332 g/mol. The van der Waals surface area contributed by atoms with Crippen LogP contribution in [0.4, 0.5) is 5.69 Å². The van der Waals surface area contributed by atoms with Crippen LogP contribution in [0.25, 0.3) is 0 Å². The molecule has 0 spiro atoms. The number of carbonyl (C=O) groups is 1. The molecule has 2 aromatic rings. The summed E-state index contributed by atoms with van der Waals surface area (Å²) in [6.07, 6.45) is 2.89. The number of rotatable bonds is 8. The molecule has 0 fully saturated rings. The van der Waals surface area contributed by atoms with E-state index in [0.717, 1.165) is 0 Å². The van der Waals surface area contributed by atoms with E-state index in [2.05, 4.69) is 20.3 Å². The molecule has 2 aromatic heterocycles. The molecular formula is C16H20N4O4. The maximum absolute atomic E-state index is 12.3. The first-order valence-electron chi connectivity index (χ1n) is 7.70. The van der Waals surface area contributed by atoms with Gasteiger partial charge in [-0.05, 0) is 26.8 Å². The molecule has 2 rings (SSSR count). The van der Waals surface area contributed by atoms with Crippen LogP contribution in [0, 0.1) is 0 Å². The Morgan fingerprint density at radius 1 is 1.00 bits per heavy atom. The number of nitrogens with zero attached hydrogens (tertiary/aromatic N) is 3. The minimum absolute atomic E-state index is 0.196. The summed E-state index contributed by atoms with van der Waals surface area (Å²) in [7, 11) is 0. The number of aromatic nitrogens is 3. The molecule has 8 heteroatoms. The Morgan fingerprint density at radius 3 is 2.38 bits per heavy atom. The molecule has 0 aliphatic rings. The van der Waals surface area contributed by atoms with E-state index in [1.807, 2.05) is 20.8 Å². The second-order valence-electron chi connectivity index (χ2n) is 4.51. The number of nitrogens with one attached hydrogen (secondary N) is 1. The summed E-state index contributed by atoms with van der Waals surface area (Å²) in [5.41, 5.74) is 0.744. The fourth-order valence-electron chi connectivity index (χ4n) is 1.82. The molecule has 0 aliphatic heterocycles. The van der Waals surface area contributed by atoms with Gasteiger partial charge in [0.15, 0.2) is 0 Å². The predicted octanol–water partition coefficient (Wildman–Crippen LogP) is 2.32. The fourth-order valence-corrected chi connectivity index (χ4v) is 1.82. The van der Waals surface area contributed by atoms with Gasteiger partial charge < -0.3 is 19.5 Å². The lowest BCUT2D eigenvalue weighted by atomic mass is 10.2. The summed E-state index contributed by atoms with van der Waals surface area (Å²) in [6.45, 7) is 6.87. The van der Waals surface area contributed by atoms with Crippen molar-refractivity contribution in [1.29, 1.82) is 0 Å². The smallest absolute Gasteiger partial charge is 0.319 e. The van der Waals surface area contributed by atoms with Crippen molar-refractivity contribution in [1.82, 2.24) is 15.0 Å². The molecular weight excluding hydrogens is 312 g/mol. The highest BCUT2D eigenvalue weighted by Crippen LogP contribution is 2.24. The molecule has 0 atom stereocenters. The van der Waals surface area contributed by atoms with Gasteiger partial charge in [-0.3, -0.25) is 4.79 Å². The van der Waals surface area contributed by atoms with E-state index >= 15 is 0 Å². The third-order valence-corrected chi connectivity index (χ3v) is 2.83. The Labute approximate surface area is 140 Å². The molecule has 0 bridgehead atoms. The van der Waals surface area contributed by atoms with Crippen molar-refractivity contribution in [2.75, 3.05) is 25.1 Å². The summed E-state index contributed by atoms with van der Waals surface area (Å²) in [5.74, 6) is 0.371. The van der Waals surface area contributed by atoms with Gasteiger partial charge in [-0.25, -0.2) is 9.97 Å². The third-order valence-electron chi connectivity index (χ3n) is 2.83. The third kappa shape index (κ3) is 4.55. The number of hydrogen-bond donors (Lipinski definition) is 1. The van der Waals surface area contributed by atoms with Crippen molar-refractivity contribution < 1.29 is 19.0 Å². The van der Waals surface area contributed by atoms with E-state index in [1.54, 1.807) is 12.1 Å². The topological polar surface area (TPSA) is 95.5 Å². The van der Waals surface area contributed by atoms with E-state index < -0.39 is 0 Å². The van der Waals surface area contributed by atoms with E-state index in [4.69, 9.17) is 14.2 Å². The van der Waals surface area contributed by atoms with Gasteiger partial charge in [-0.1, -0.05) is 0 Å². The van der Waals surface area contributed by atoms with E-state index in [1.165, 1.54) is 12.4 Å². The van der Waals surface area contributed by atoms with Gasteiger partial charge >= 0.3 is 6.01 Å². The quantitative estimate of drug-likeness (QED) is 0.792. The van der Waals surface area contributed by atoms with Crippen LogP contribution in [0.1, 0.15) is 31.1 Å². The molecule has 24 heavy (non-hydrogen) atoms. The molecule has 2 heterocycles. The van der Waals surface area contributed by atoms with Crippen LogP contribution in [-0.4, -0.2) is 40.7 Å². The Kier molecular flexibility index (Phi) is 6.30. The molecule has 0 aliphatic carbocycles. The molecule has 0 saturated carbocycles. The highest BCUT2D eigenvalue weighted by molar-refractivity contribution is 6.04. The molecule has 0 unspecified atom stereocenters. The number of carbonyl (C=O) groups excluding carboxylic acids is 1. The largest absolute Gasteiger partial charge is 0.478 e. The number of amides is 1. The van der Waals surface area contributed by atoms with E-state index in [0.29, 0.717) is 37.0 Å². The van der Waals surface area contributed by atoms with Gasteiger partial charge in [-0.15, -0.1) is 0 Å². The number of pyridine rings is 1. The fraction of sp³-hybridized carbons (Fsp3) is 0.375. The molecule has 0 aromatic carbocycles. The second-order valence-corrected chi connectivity index (χ2v) is 4.51. The van der Waals surface area contributed by atoms with Crippen LogP contribution in [0.5, 0.6) is 17.8 Å². The molecule has 0 radical (unpaired) electrons. The van der Waals surface area contributed by atoms with Crippen LogP contribution in [0.2, 0.25) is 0 Å². The normalized spacial score (nSPS) is 10.1. The van der Waals surface area contributed by atoms with Crippen LogP contribution in [-0.2, 0) is 0 Å². The Bertz CT molecular complexity index is 676. The minimum Gasteiger partial charge on any atom is -0.478 e. The molecule has 128 valence electrons. The lowest BCUT2D eigenvalue weighted by Crippen LogP contribution is -2.14. The average Bonchev–Trinajstić information content (AvgIpc) is 2.58. The Morgan fingerprint density at radius 2 is 1.75 bits per heavy atom. The highest BCUT2D eigenvalue weighted by atomic mass is 16.5. The minimum atomic E-state index is -0.348. The SMILES string of the molecule is CCOc1ccc(C(=O)Nc2cnc(OCC)nc2OCC)cn1. The summed E-state index contributed by atoms with van der Waals surface area (Å²) in [6, 6.07) is 3.46. The first-order valence-corrected chi connectivity index (χ1v) is 7.70. The summed E-state index contributed by atoms with van der Waals surface area (Å²) in [4.78, 5) is 24.5. The van der Waals surface area contributed by atoms with Gasteiger partial charge in [0.05, 0.1) is 31.6 Å². The summed E-state index contributed by atoms with van der Waals surface area (Å²) >= 11 is 0. The Hall–Kier alpha value is -2.90. The predicted molar refractivity (Wildman–Crippen MR) is 87.7 cm³/mol. The van der Waals surface area contributed by atoms with Crippen molar-refractivity contribution in [3.8, 4) is 17.8 Å². The van der Waals surface area contributed by atoms with Crippen LogP contribution < -0.4 is 19.5 Å². The molecule has 8 nitrogen and oxygen atoms in total. The summed E-state index contributed by atoms with van der Waals surface area (Å²) < 4.78 is 15.9. The van der Waals surface area contributed by atoms with Crippen molar-refractivity contribution in [3.63, 3.8) is 0 Å². The zero-order chi connectivity index (χ0) is 17.4. The van der Waals surface area contributed by atoms with Crippen molar-refractivity contribution in [3.05, 3.63) is 30.1 Å². The monoisotopic (exact) mass is 332 g/mol. The first-order chi connectivity index (χ1) is 11.7. The van der Waals surface area contributed by atoms with Gasteiger partial charge in [0, 0.05) is 12.3 Å². The summed E-state index contributed by atoms with van der Waals surface area (Å²) in [5, 5.41) is 2.71. The number of anilines is 1. The zero-order valence-electron chi connectivity index (χ0n) is 13.9. The highest BCUT2D eigenvalue weighted by Gasteiger charge is 2.14. The van der Waals surface area contributed by atoms with Crippen LogP contribution in [0.3, 0.4) is 0 Å². The van der Waals surface area contributed by atoms with Crippen molar-refractivity contribution in [2.24, 2.45) is 0 Å². The first kappa shape index (κ1) is 17.5. The number of hydrogen-bond acceptors (Lipinski definition) is 7. The van der Waals surface area contributed by atoms with E-state index in [9.17, 15) is 4.79 Å². The second kappa shape index (κ2) is 8.66. The van der Waals surface area contributed by atoms with Crippen molar-refractivity contribution >= 4 is 11.6 Å². The Balaban J connectivity index is 2.14. The van der Waals surface area contributed by atoms with Crippen molar-refractivity contribution in [2.45, 2.75) is 20.8 Å². The molecule has 0 saturated heterocycles.